The highest BCUT2D eigenvalue weighted by atomic mass is 32.2. The smallest absolute Gasteiger partial charge is 0.0557 e. The molecule has 0 nitrogen and oxygen atoms in total. The van der Waals surface area contributed by atoms with E-state index in [2.05, 4.69) is 24.3 Å². The maximum atomic E-state index is 5.52. The van der Waals surface area contributed by atoms with Gasteiger partial charge in [-0.3, -0.25) is 0 Å². The van der Waals surface area contributed by atoms with Crippen molar-refractivity contribution in [1.29, 1.82) is 0 Å². The molecule has 2 rings (SSSR count). The molecule has 1 aromatic rings. The van der Waals surface area contributed by atoms with E-state index in [-0.39, 0.29) is 0 Å². The number of rotatable bonds is 2. The van der Waals surface area contributed by atoms with E-state index in [1.165, 1.54) is 41.2 Å². The molecular formula is C13H16S2. The van der Waals surface area contributed by atoms with E-state index in [0.29, 0.717) is 5.92 Å². The standard InChI is InChI=1S/C13H16S2/c14-13(11-7-3-1-4-8-11)15-12-9-5-2-6-10-12/h2,5-6,9-11H,1,3-4,7-8H2. The average Bonchev–Trinajstić information content (AvgIpc) is 2.31. The van der Waals surface area contributed by atoms with Crippen molar-refractivity contribution < 1.29 is 0 Å². The molecule has 0 unspecified atom stereocenters. The molecule has 0 radical (unpaired) electrons. The summed E-state index contributed by atoms with van der Waals surface area (Å²) in [5, 5.41) is 0. The van der Waals surface area contributed by atoms with Crippen molar-refractivity contribution in [1.82, 2.24) is 0 Å². The number of benzene rings is 1. The first-order chi connectivity index (χ1) is 7.36. The number of hydrogen-bond acceptors (Lipinski definition) is 2. The zero-order chi connectivity index (χ0) is 10.5. The molecule has 80 valence electrons. The van der Waals surface area contributed by atoms with E-state index in [1.807, 2.05) is 6.07 Å². The summed E-state index contributed by atoms with van der Waals surface area (Å²) in [6, 6.07) is 10.5. The van der Waals surface area contributed by atoms with Crippen molar-refractivity contribution in [2.45, 2.75) is 37.0 Å². The van der Waals surface area contributed by atoms with Gasteiger partial charge in [0.15, 0.2) is 0 Å². The third-order valence-corrected chi connectivity index (χ3v) is 4.53. The first-order valence-corrected chi connectivity index (χ1v) is 6.85. The Labute approximate surface area is 101 Å². The topological polar surface area (TPSA) is 0 Å². The SMILES string of the molecule is S=C(Sc1ccccc1)C1CCCCC1. The molecule has 0 atom stereocenters. The van der Waals surface area contributed by atoms with Crippen molar-refractivity contribution in [3.05, 3.63) is 30.3 Å². The Hall–Kier alpha value is -0.340. The predicted molar refractivity (Wildman–Crippen MR) is 71.5 cm³/mol. The Balaban J connectivity index is 1.91. The van der Waals surface area contributed by atoms with Gasteiger partial charge in [0, 0.05) is 10.8 Å². The van der Waals surface area contributed by atoms with Crippen LogP contribution in [0.5, 0.6) is 0 Å². The summed E-state index contributed by atoms with van der Waals surface area (Å²) in [6.07, 6.45) is 6.73. The highest BCUT2D eigenvalue weighted by Crippen LogP contribution is 2.32. The van der Waals surface area contributed by atoms with Crippen molar-refractivity contribution in [2.75, 3.05) is 0 Å². The molecule has 0 bridgehead atoms. The van der Waals surface area contributed by atoms with E-state index >= 15 is 0 Å². The van der Waals surface area contributed by atoms with Crippen LogP contribution in [0.2, 0.25) is 0 Å². The lowest BCUT2D eigenvalue weighted by Crippen LogP contribution is -2.12. The molecule has 0 N–H and O–H groups in total. The fraction of sp³-hybridized carbons (Fsp3) is 0.462. The zero-order valence-corrected chi connectivity index (χ0v) is 10.4. The fourth-order valence-electron chi connectivity index (χ4n) is 2.03. The maximum absolute atomic E-state index is 5.52. The summed E-state index contributed by atoms with van der Waals surface area (Å²) in [7, 11) is 0. The Bertz CT molecular complexity index is 313. The van der Waals surface area contributed by atoms with E-state index in [4.69, 9.17) is 12.2 Å². The van der Waals surface area contributed by atoms with Gasteiger partial charge in [0.2, 0.25) is 0 Å². The lowest BCUT2D eigenvalue weighted by atomic mass is 9.91. The molecule has 1 aliphatic carbocycles. The second kappa shape index (κ2) is 5.66. The van der Waals surface area contributed by atoms with E-state index < -0.39 is 0 Å². The Morgan fingerprint density at radius 1 is 1.07 bits per heavy atom. The molecule has 1 fully saturated rings. The molecule has 0 aliphatic heterocycles. The first kappa shape index (κ1) is 11.2. The van der Waals surface area contributed by atoms with Crippen molar-refractivity contribution in [2.24, 2.45) is 5.92 Å². The van der Waals surface area contributed by atoms with Gasteiger partial charge in [-0.1, -0.05) is 61.4 Å². The Kier molecular flexibility index (Phi) is 4.21. The van der Waals surface area contributed by atoms with Crippen LogP contribution >= 0.6 is 24.0 Å². The van der Waals surface area contributed by atoms with Crippen molar-refractivity contribution >= 4 is 28.2 Å². The molecule has 0 saturated heterocycles. The molecule has 0 spiro atoms. The van der Waals surface area contributed by atoms with Crippen LogP contribution in [-0.2, 0) is 0 Å². The highest BCUT2D eigenvalue weighted by molar-refractivity contribution is 8.23. The first-order valence-electron chi connectivity index (χ1n) is 5.63. The third-order valence-electron chi connectivity index (χ3n) is 2.90. The summed E-state index contributed by atoms with van der Waals surface area (Å²) in [5.74, 6) is 0.680. The maximum Gasteiger partial charge on any atom is 0.0557 e. The quantitative estimate of drug-likeness (QED) is 0.540. The molecule has 1 saturated carbocycles. The third kappa shape index (κ3) is 3.32. The van der Waals surface area contributed by atoms with Crippen LogP contribution in [0.15, 0.2) is 35.2 Å². The van der Waals surface area contributed by atoms with Crippen LogP contribution in [-0.4, -0.2) is 4.20 Å². The van der Waals surface area contributed by atoms with Gasteiger partial charge in [-0.25, -0.2) is 0 Å². The number of hydrogen-bond donors (Lipinski definition) is 0. The minimum absolute atomic E-state index is 0.680. The van der Waals surface area contributed by atoms with E-state index in [0.717, 1.165) is 0 Å². The van der Waals surface area contributed by atoms with Crippen LogP contribution in [0.3, 0.4) is 0 Å². The van der Waals surface area contributed by atoms with Crippen LogP contribution in [0, 0.1) is 5.92 Å². The summed E-state index contributed by atoms with van der Waals surface area (Å²) >= 11 is 7.30. The largest absolute Gasteiger partial charge is 0.0825 e. The van der Waals surface area contributed by atoms with Gasteiger partial charge >= 0.3 is 0 Å². The monoisotopic (exact) mass is 236 g/mol. The normalized spacial score (nSPS) is 17.6. The average molecular weight is 236 g/mol. The van der Waals surface area contributed by atoms with Gasteiger partial charge < -0.3 is 0 Å². The van der Waals surface area contributed by atoms with E-state index in [1.54, 1.807) is 11.8 Å². The second-order valence-corrected chi connectivity index (χ2v) is 5.88. The van der Waals surface area contributed by atoms with Gasteiger partial charge in [0.1, 0.15) is 0 Å². The molecule has 0 aromatic heterocycles. The Morgan fingerprint density at radius 2 is 1.73 bits per heavy atom. The van der Waals surface area contributed by atoms with E-state index in [9.17, 15) is 0 Å². The summed E-state index contributed by atoms with van der Waals surface area (Å²) in [4.78, 5) is 1.29. The molecule has 15 heavy (non-hydrogen) atoms. The van der Waals surface area contributed by atoms with Gasteiger partial charge in [-0.05, 0) is 25.0 Å². The lowest BCUT2D eigenvalue weighted by molar-refractivity contribution is 0.446. The molecule has 1 aromatic carbocycles. The Morgan fingerprint density at radius 3 is 2.40 bits per heavy atom. The summed E-state index contributed by atoms with van der Waals surface area (Å²) < 4.78 is 1.20. The number of thioether (sulfide) groups is 1. The van der Waals surface area contributed by atoms with Crippen LogP contribution in [0.25, 0.3) is 0 Å². The zero-order valence-electron chi connectivity index (χ0n) is 8.82. The number of thiocarbonyl (C=S) groups is 1. The second-order valence-electron chi connectivity index (χ2n) is 4.07. The van der Waals surface area contributed by atoms with Gasteiger partial charge in [0.25, 0.3) is 0 Å². The van der Waals surface area contributed by atoms with Crippen LogP contribution < -0.4 is 0 Å². The van der Waals surface area contributed by atoms with Gasteiger partial charge in [-0.2, -0.15) is 0 Å². The molecule has 0 heterocycles. The molecular weight excluding hydrogens is 220 g/mol. The predicted octanol–water partition coefficient (Wildman–Crippen LogP) is 4.69. The molecule has 2 heteroatoms. The van der Waals surface area contributed by atoms with Crippen molar-refractivity contribution in [3.63, 3.8) is 0 Å². The van der Waals surface area contributed by atoms with Gasteiger partial charge in [-0.15, -0.1) is 0 Å². The van der Waals surface area contributed by atoms with Crippen molar-refractivity contribution in [3.8, 4) is 0 Å². The fourth-order valence-corrected chi connectivity index (χ4v) is 3.48. The van der Waals surface area contributed by atoms with Gasteiger partial charge in [0.05, 0.1) is 4.20 Å². The summed E-state index contributed by atoms with van der Waals surface area (Å²) in [5.41, 5.74) is 0. The van der Waals surface area contributed by atoms with Crippen LogP contribution in [0.4, 0.5) is 0 Å². The summed E-state index contributed by atoms with van der Waals surface area (Å²) in [6.45, 7) is 0. The molecule has 0 amide bonds. The molecule has 1 aliphatic rings. The minimum atomic E-state index is 0.680. The lowest BCUT2D eigenvalue weighted by Gasteiger charge is -2.21. The highest BCUT2D eigenvalue weighted by Gasteiger charge is 2.18. The minimum Gasteiger partial charge on any atom is -0.0825 e. The van der Waals surface area contributed by atoms with Crippen LogP contribution in [0.1, 0.15) is 32.1 Å².